The molecule has 2 aromatic carbocycles. The van der Waals surface area contributed by atoms with Gasteiger partial charge in [0.25, 0.3) is 0 Å². The molecule has 0 spiro atoms. The van der Waals surface area contributed by atoms with E-state index in [1.807, 2.05) is 0 Å². The second kappa shape index (κ2) is 5.84. The molecule has 0 fully saturated rings. The lowest BCUT2D eigenvalue weighted by molar-refractivity contribution is 0.381. The third kappa shape index (κ3) is 2.56. The number of anilines is 2. The van der Waals surface area contributed by atoms with Crippen LogP contribution in [0.5, 0.6) is 0 Å². The van der Waals surface area contributed by atoms with Crippen molar-refractivity contribution in [1.29, 1.82) is 0 Å². The van der Waals surface area contributed by atoms with Crippen molar-refractivity contribution in [3.05, 3.63) is 57.4 Å². The molecule has 0 heterocycles. The van der Waals surface area contributed by atoms with Crippen LogP contribution in [0.3, 0.4) is 0 Å². The second-order valence-corrected chi connectivity index (χ2v) is 4.39. The monoisotopic (exact) mass is 365 g/mol. The van der Waals surface area contributed by atoms with Gasteiger partial charge in [0.05, 0.1) is 0 Å². The lowest BCUT2D eigenvalue weighted by Gasteiger charge is -2.13. The molecule has 2 rings (SSSR count). The molecule has 0 saturated heterocycles. The van der Waals surface area contributed by atoms with Crippen LogP contribution in [0, 0.1) is 52.4 Å². The van der Waals surface area contributed by atoms with E-state index in [0.29, 0.717) is 0 Å². The van der Waals surface area contributed by atoms with Gasteiger partial charge in [0.1, 0.15) is 16.4 Å². The molecule has 124 valence electrons. The SMILES string of the molecule is Fc1c(F)c(F)c(Nc2c(F)c(F)c(Cl)c(F)c2F)c(F)c1F. The fourth-order valence-corrected chi connectivity index (χ4v) is 1.72. The molecule has 1 nitrogen and oxygen atoms in total. The minimum atomic E-state index is -2.53. The van der Waals surface area contributed by atoms with Crippen molar-refractivity contribution in [2.45, 2.75) is 0 Å². The van der Waals surface area contributed by atoms with Crippen molar-refractivity contribution in [3.63, 3.8) is 0 Å². The molecule has 0 aromatic heterocycles. The number of hydrogen-bond donors (Lipinski definition) is 1. The molecule has 0 saturated carbocycles. The number of benzene rings is 2. The molecule has 23 heavy (non-hydrogen) atoms. The summed E-state index contributed by atoms with van der Waals surface area (Å²) in [5, 5.41) is -0.485. The Morgan fingerprint density at radius 1 is 0.435 bits per heavy atom. The molecular formula is C12HClF9N. The molecule has 0 amide bonds. The molecule has 0 bridgehead atoms. The summed E-state index contributed by atoms with van der Waals surface area (Å²) in [7, 11) is 0. The summed E-state index contributed by atoms with van der Waals surface area (Å²) in [5.41, 5.74) is -3.73. The van der Waals surface area contributed by atoms with Gasteiger partial charge in [-0.15, -0.1) is 0 Å². The first-order valence-electron chi connectivity index (χ1n) is 5.39. The van der Waals surface area contributed by atoms with Crippen LogP contribution in [0.15, 0.2) is 0 Å². The first-order chi connectivity index (χ1) is 10.6. The second-order valence-electron chi connectivity index (χ2n) is 4.01. The van der Waals surface area contributed by atoms with Crippen LogP contribution < -0.4 is 5.32 Å². The van der Waals surface area contributed by atoms with E-state index in [1.165, 1.54) is 0 Å². The minimum Gasteiger partial charge on any atom is -0.346 e. The Labute approximate surface area is 126 Å². The lowest BCUT2D eigenvalue weighted by atomic mass is 10.2. The number of nitrogens with one attached hydrogen (secondary N) is 1. The summed E-state index contributed by atoms with van der Waals surface area (Å²) in [4.78, 5) is 0. The summed E-state index contributed by atoms with van der Waals surface area (Å²) >= 11 is 4.92. The zero-order valence-electron chi connectivity index (χ0n) is 10.3. The average molecular weight is 366 g/mol. The van der Waals surface area contributed by atoms with Crippen LogP contribution in [-0.4, -0.2) is 0 Å². The third-order valence-electron chi connectivity index (χ3n) is 2.67. The van der Waals surface area contributed by atoms with E-state index >= 15 is 0 Å². The van der Waals surface area contributed by atoms with Crippen LogP contribution in [0.25, 0.3) is 0 Å². The topological polar surface area (TPSA) is 12.0 Å². The number of halogens is 10. The van der Waals surface area contributed by atoms with Crippen molar-refractivity contribution in [1.82, 2.24) is 0 Å². The number of rotatable bonds is 2. The maximum absolute atomic E-state index is 13.5. The largest absolute Gasteiger partial charge is 0.346 e. The van der Waals surface area contributed by atoms with Gasteiger partial charge in [-0.25, -0.2) is 39.5 Å². The molecule has 0 atom stereocenters. The van der Waals surface area contributed by atoms with Crippen LogP contribution in [0.4, 0.5) is 50.9 Å². The predicted octanol–water partition coefficient (Wildman–Crippen LogP) is 5.34. The first kappa shape index (κ1) is 17.3. The van der Waals surface area contributed by atoms with Crippen LogP contribution >= 0.6 is 11.6 Å². The van der Waals surface area contributed by atoms with Crippen molar-refractivity contribution in [2.24, 2.45) is 0 Å². The Hall–Kier alpha value is -2.10. The Balaban J connectivity index is 2.71. The zero-order valence-corrected chi connectivity index (χ0v) is 11.0. The van der Waals surface area contributed by atoms with Gasteiger partial charge in [0.2, 0.25) is 5.82 Å². The van der Waals surface area contributed by atoms with Crippen molar-refractivity contribution in [3.8, 4) is 0 Å². The van der Waals surface area contributed by atoms with Gasteiger partial charge >= 0.3 is 0 Å². The highest BCUT2D eigenvalue weighted by Gasteiger charge is 2.30. The zero-order chi connectivity index (χ0) is 17.6. The molecule has 0 aliphatic rings. The smallest absolute Gasteiger partial charge is 0.200 e. The first-order valence-corrected chi connectivity index (χ1v) is 5.77. The van der Waals surface area contributed by atoms with E-state index < -0.39 is 68.8 Å². The minimum absolute atomic E-state index is 1.11. The van der Waals surface area contributed by atoms with Gasteiger partial charge in [-0.1, -0.05) is 11.6 Å². The summed E-state index contributed by atoms with van der Waals surface area (Å²) in [6, 6.07) is 0. The van der Waals surface area contributed by atoms with Gasteiger partial charge in [0, 0.05) is 0 Å². The van der Waals surface area contributed by atoms with Crippen molar-refractivity contribution >= 4 is 23.0 Å². The molecule has 0 aliphatic heterocycles. The van der Waals surface area contributed by atoms with Gasteiger partial charge in [-0.3, -0.25) is 0 Å². The normalized spacial score (nSPS) is 11.0. The van der Waals surface area contributed by atoms with Gasteiger partial charge in [-0.05, 0) is 0 Å². The highest BCUT2D eigenvalue weighted by atomic mass is 35.5. The van der Waals surface area contributed by atoms with Gasteiger partial charge in [-0.2, -0.15) is 0 Å². The predicted molar refractivity (Wildman–Crippen MR) is 60.8 cm³/mol. The molecule has 11 heteroatoms. The molecule has 2 aromatic rings. The number of hydrogen-bond acceptors (Lipinski definition) is 1. The Morgan fingerprint density at radius 2 is 0.696 bits per heavy atom. The van der Waals surface area contributed by atoms with Gasteiger partial charge in [0.15, 0.2) is 46.5 Å². The Morgan fingerprint density at radius 3 is 1.04 bits per heavy atom. The standard InChI is InChI=1S/C12HClF9N/c13-1-2(14)7(19)11(8(20)3(1)15)23-12-9(21)5(17)4(16)6(18)10(12)22/h23H. The lowest BCUT2D eigenvalue weighted by Crippen LogP contribution is -2.10. The Kier molecular flexibility index (Phi) is 4.38. The van der Waals surface area contributed by atoms with E-state index in [4.69, 9.17) is 11.6 Å². The van der Waals surface area contributed by atoms with E-state index in [2.05, 4.69) is 0 Å². The molecular weight excluding hydrogens is 365 g/mol. The van der Waals surface area contributed by atoms with Crippen LogP contribution in [0.1, 0.15) is 0 Å². The van der Waals surface area contributed by atoms with Crippen LogP contribution in [-0.2, 0) is 0 Å². The highest BCUT2D eigenvalue weighted by molar-refractivity contribution is 6.31. The molecule has 0 radical (unpaired) electrons. The maximum Gasteiger partial charge on any atom is 0.200 e. The van der Waals surface area contributed by atoms with E-state index in [-0.39, 0.29) is 0 Å². The molecule has 0 aliphatic carbocycles. The van der Waals surface area contributed by atoms with Gasteiger partial charge < -0.3 is 5.32 Å². The highest BCUT2D eigenvalue weighted by Crippen LogP contribution is 2.35. The molecule has 1 N–H and O–H groups in total. The summed E-state index contributed by atoms with van der Waals surface area (Å²) in [6.45, 7) is 0. The van der Waals surface area contributed by atoms with Crippen molar-refractivity contribution < 1.29 is 39.5 Å². The van der Waals surface area contributed by atoms with E-state index in [1.54, 1.807) is 0 Å². The average Bonchev–Trinajstić information content (AvgIpc) is 2.54. The van der Waals surface area contributed by atoms with Crippen LogP contribution in [0.2, 0.25) is 5.02 Å². The fourth-order valence-electron chi connectivity index (χ4n) is 1.55. The third-order valence-corrected chi connectivity index (χ3v) is 3.00. The molecule has 0 unspecified atom stereocenters. The van der Waals surface area contributed by atoms with Crippen molar-refractivity contribution in [2.75, 3.05) is 5.32 Å². The van der Waals surface area contributed by atoms with E-state index in [0.717, 1.165) is 5.32 Å². The summed E-state index contributed by atoms with van der Waals surface area (Å²) in [6.07, 6.45) is 0. The van der Waals surface area contributed by atoms with E-state index in [9.17, 15) is 39.5 Å². The maximum atomic E-state index is 13.5. The quantitative estimate of drug-likeness (QED) is 0.430. The fraction of sp³-hybridized carbons (Fsp3) is 0. The summed E-state index contributed by atoms with van der Waals surface area (Å²) in [5.74, 6) is -21.1. The Bertz CT molecular complexity index is 696. The summed E-state index contributed by atoms with van der Waals surface area (Å²) < 4.78 is 119.